The first-order valence-electron chi connectivity index (χ1n) is 8.61. The van der Waals surface area contributed by atoms with E-state index in [2.05, 4.69) is 25.6 Å². The zero-order valence-corrected chi connectivity index (χ0v) is 15.5. The second-order valence-electron chi connectivity index (χ2n) is 6.27. The van der Waals surface area contributed by atoms with Gasteiger partial charge in [0.25, 0.3) is 5.91 Å². The predicted octanol–water partition coefficient (Wildman–Crippen LogP) is 3.15. The molecule has 7 nitrogen and oxygen atoms in total. The van der Waals surface area contributed by atoms with Crippen LogP contribution >= 0.6 is 11.3 Å². The van der Waals surface area contributed by atoms with Crippen LogP contribution < -0.4 is 10.6 Å². The average Bonchev–Trinajstić information content (AvgIpc) is 3.03. The summed E-state index contributed by atoms with van der Waals surface area (Å²) in [6.07, 6.45) is 4.61. The first-order chi connectivity index (χ1) is 12.7. The fourth-order valence-electron chi connectivity index (χ4n) is 2.84. The van der Waals surface area contributed by atoms with Crippen molar-refractivity contribution < 1.29 is 4.79 Å². The molecule has 1 aliphatic rings. The predicted molar refractivity (Wildman–Crippen MR) is 104 cm³/mol. The van der Waals surface area contributed by atoms with Gasteiger partial charge in [-0.1, -0.05) is 6.07 Å². The fourth-order valence-corrected chi connectivity index (χ4v) is 3.77. The maximum Gasteiger partial charge on any atom is 0.274 e. The Morgan fingerprint density at radius 1 is 1.35 bits per heavy atom. The molecule has 134 valence electrons. The first-order valence-corrected chi connectivity index (χ1v) is 9.42. The highest BCUT2D eigenvalue weighted by Crippen LogP contribution is 2.32. The van der Waals surface area contributed by atoms with Crippen molar-refractivity contribution >= 4 is 38.4 Å². The summed E-state index contributed by atoms with van der Waals surface area (Å²) in [5.74, 6) is 0.434. The molecule has 4 heterocycles. The van der Waals surface area contributed by atoms with Crippen LogP contribution in [0, 0.1) is 0 Å². The van der Waals surface area contributed by atoms with Crippen molar-refractivity contribution in [2.75, 3.05) is 30.8 Å². The molecule has 0 unspecified atom stereocenters. The molecule has 0 radical (unpaired) electrons. The average molecular weight is 368 g/mol. The molecule has 1 saturated heterocycles. The zero-order valence-electron chi connectivity index (χ0n) is 14.7. The molecule has 2 N–H and O–H groups in total. The highest BCUT2D eigenvalue weighted by atomic mass is 32.1. The molecule has 26 heavy (non-hydrogen) atoms. The van der Waals surface area contributed by atoms with Gasteiger partial charge in [-0.15, -0.1) is 11.3 Å². The van der Waals surface area contributed by atoms with E-state index in [4.69, 9.17) is 0 Å². The lowest BCUT2D eigenvalue weighted by Crippen LogP contribution is -2.42. The van der Waals surface area contributed by atoms with Gasteiger partial charge in [-0.25, -0.2) is 9.97 Å². The van der Waals surface area contributed by atoms with Gasteiger partial charge in [0.15, 0.2) is 5.69 Å². The second kappa shape index (κ2) is 6.87. The molecule has 1 atom stereocenters. The summed E-state index contributed by atoms with van der Waals surface area (Å²) >= 11 is 1.51. The summed E-state index contributed by atoms with van der Waals surface area (Å²) in [5.41, 5.74) is 2.29. The van der Waals surface area contributed by atoms with Gasteiger partial charge in [-0.3, -0.25) is 9.78 Å². The van der Waals surface area contributed by atoms with Crippen LogP contribution in [0.15, 0.2) is 30.6 Å². The minimum absolute atomic E-state index is 0.0180. The lowest BCUT2D eigenvalue weighted by molar-refractivity contribution is 0.0648. The maximum absolute atomic E-state index is 12.8. The van der Waals surface area contributed by atoms with Crippen LogP contribution in [0.2, 0.25) is 0 Å². The Kier molecular flexibility index (Phi) is 4.42. The van der Waals surface area contributed by atoms with Crippen LogP contribution in [-0.2, 0) is 0 Å². The highest BCUT2D eigenvalue weighted by molar-refractivity contribution is 7.23. The number of likely N-dealkylation sites (tertiary alicyclic amines) is 1. The number of pyridine rings is 1. The van der Waals surface area contributed by atoms with E-state index in [9.17, 15) is 4.79 Å². The third kappa shape index (κ3) is 3.08. The van der Waals surface area contributed by atoms with Crippen molar-refractivity contribution in [1.82, 2.24) is 19.9 Å². The maximum atomic E-state index is 12.8. The van der Waals surface area contributed by atoms with E-state index in [0.717, 1.165) is 40.3 Å². The van der Waals surface area contributed by atoms with Crippen LogP contribution in [0.3, 0.4) is 0 Å². The van der Waals surface area contributed by atoms with E-state index in [0.29, 0.717) is 11.6 Å². The topological polar surface area (TPSA) is 83.0 Å². The normalized spacial score (nSPS) is 14.8. The fraction of sp³-hybridized carbons (Fsp3) is 0.333. The van der Waals surface area contributed by atoms with Gasteiger partial charge in [0.1, 0.15) is 0 Å². The third-order valence-corrected chi connectivity index (χ3v) is 5.64. The van der Waals surface area contributed by atoms with E-state index in [1.165, 1.54) is 11.3 Å². The standard InChI is InChI=1S/C18H20N6OS/c1-11(12-5-3-6-20-10-12)21-18-22-13-9-14(19-2)26-16(13)15(23-18)17(25)24-7-4-8-24/h3,5-6,9-11,19H,4,7-8H2,1-2H3,(H,21,22,23)/t11-/m0/s1. The number of rotatable bonds is 5. The minimum Gasteiger partial charge on any atom is -0.380 e. The molecule has 0 aliphatic carbocycles. The van der Waals surface area contributed by atoms with Gasteiger partial charge in [0.2, 0.25) is 5.95 Å². The molecule has 0 saturated carbocycles. The van der Waals surface area contributed by atoms with Gasteiger partial charge in [-0.2, -0.15) is 0 Å². The molecule has 1 amide bonds. The number of fused-ring (bicyclic) bond motifs is 1. The molecular weight excluding hydrogens is 348 g/mol. The molecule has 3 aromatic heterocycles. The molecule has 0 bridgehead atoms. The molecule has 3 aromatic rings. The zero-order chi connectivity index (χ0) is 18.1. The van der Waals surface area contributed by atoms with Crippen molar-refractivity contribution in [1.29, 1.82) is 0 Å². The quantitative estimate of drug-likeness (QED) is 0.720. The number of nitrogens with zero attached hydrogens (tertiary/aromatic N) is 4. The van der Waals surface area contributed by atoms with Crippen molar-refractivity contribution in [2.45, 2.75) is 19.4 Å². The van der Waals surface area contributed by atoms with Gasteiger partial charge < -0.3 is 15.5 Å². The Morgan fingerprint density at radius 2 is 2.19 bits per heavy atom. The second-order valence-corrected chi connectivity index (χ2v) is 7.32. The summed E-state index contributed by atoms with van der Waals surface area (Å²) in [5, 5.41) is 7.38. The van der Waals surface area contributed by atoms with Crippen molar-refractivity contribution in [2.24, 2.45) is 0 Å². The Labute approximate surface area is 155 Å². The lowest BCUT2D eigenvalue weighted by Gasteiger charge is -2.30. The number of hydrogen-bond donors (Lipinski definition) is 2. The van der Waals surface area contributed by atoms with Crippen LogP contribution in [-0.4, -0.2) is 45.9 Å². The van der Waals surface area contributed by atoms with Gasteiger partial charge in [0, 0.05) is 32.5 Å². The van der Waals surface area contributed by atoms with E-state index in [-0.39, 0.29) is 11.9 Å². The number of amides is 1. The third-order valence-electron chi connectivity index (χ3n) is 4.49. The molecule has 1 fully saturated rings. The summed E-state index contributed by atoms with van der Waals surface area (Å²) in [6, 6.07) is 5.83. The Balaban J connectivity index is 1.71. The van der Waals surface area contributed by atoms with Crippen molar-refractivity contribution in [3.63, 3.8) is 0 Å². The number of aromatic nitrogens is 3. The Hall–Kier alpha value is -2.74. The van der Waals surface area contributed by atoms with E-state index in [1.54, 1.807) is 6.20 Å². The molecule has 4 rings (SSSR count). The Morgan fingerprint density at radius 3 is 2.85 bits per heavy atom. The number of nitrogens with one attached hydrogen (secondary N) is 2. The van der Waals surface area contributed by atoms with Crippen molar-refractivity contribution in [3.8, 4) is 0 Å². The SMILES string of the molecule is CNc1cc2nc(N[C@@H](C)c3cccnc3)nc(C(=O)N3CCC3)c2s1. The molecule has 0 aromatic carbocycles. The summed E-state index contributed by atoms with van der Waals surface area (Å²) in [7, 11) is 1.86. The summed E-state index contributed by atoms with van der Waals surface area (Å²) < 4.78 is 0.825. The molecule has 0 spiro atoms. The number of anilines is 2. The molecular formula is C18H20N6OS. The van der Waals surface area contributed by atoms with E-state index in [1.807, 2.05) is 43.3 Å². The van der Waals surface area contributed by atoms with Crippen LogP contribution in [0.5, 0.6) is 0 Å². The number of thiophene rings is 1. The Bertz CT molecular complexity index is 938. The van der Waals surface area contributed by atoms with Gasteiger partial charge >= 0.3 is 0 Å². The number of hydrogen-bond acceptors (Lipinski definition) is 7. The smallest absolute Gasteiger partial charge is 0.274 e. The van der Waals surface area contributed by atoms with Gasteiger partial charge in [0.05, 0.1) is 21.3 Å². The monoisotopic (exact) mass is 368 g/mol. The largest absolute Gasteiger partial charge is 0.380 e. The summed E-state index contributed by atoms with van der Waals surface area (Å²) in [6.45, 7) is 3.61. The van der Waals surface area contributed by atoms with Crippen LogP contribution in [0.25, 0.3) is 10.2 Å². The van der Waals surface area contributed by atoms with Gasteiger partial charge in [-0.05, 0) is 31.0 Å². The van der Waals surface area contributed by atoms with E-state index < -0.39 is 0 Å². The van der Waals surface area contributed by atoms with Crippen LogP contribution in [0.1, 0.15) is 35.4 Å². The lowest BCUT2D eigenvalue weighted by atomic mass is 10.1. The number of carbonyl (C=O) groups excluding carboxylic acids is 1. The molecule has 8 heteroatoms. The minimum atomic E-state index is -0.0229. The van der Waals surface area contributed by atoms with Crippen molar-refractivity contribution in [3.05, 3.63) is 41.9 Å². The van der Waals surface area contributed by atoms with E-state index >= 15 is 0 Å². The molecule has 1 aliphatic heterocycles. The van der Waals surface area contributed by atoms with Crippen LogP contribution in [0.4, 0.5) is 10.9 Å². The first kappa shape index (κ1) is 16.7. The summed E-state index contributed by atoms with van der Waals surface area (Å²) in [4.78, 5) is 28.0. The number of carbonyl (C=O) groups is 1. The highest BCUT2D eigenvalue weighted by Gasteiger charge is 2.26.